The van der Waals surface area contributed by atoms with Crippen molar-refractivity contribution in [2.24, 2.45) is 0 Å². The second-order valence-corrected chi connectivity index (χ2v) is 5.78. The topological polar surface area (TPSA) is 89.7 Å². The first-order valence-electron chi connectivity index (χ1n) is 8.28. The second kappa shape index (κ2) is 8.59. The van der Waals surface area contributed by atoms with Gasteiger partial charge in [0.05, 0.1) is 26.7 Å². The van der Waals surface area contributed by atoms with Gasteiger partial charge >= 0.3 is 12.0 Å². The smallest absolute Gasteiger partial charge is 0.320 e. The highest BCUT2D eigenvalue weighted by Crippen LogP contribution is 2.17. The molecule has 1 saturated heterocycles. The highest BCUT2D eigenvalue weighted by Gasteiger charge is 2.13. The Labute approximate surface area is 146 Å². The van der Waals surface area contributed by atoms with Crippen LogP contribution in [0.1, 0.15) is 11.5 Å². The lowest BCUT2D eigenvalue weighted by Gasteiger charge is -2.25. The lowest BCUT2D eigenvalue weighted by molar-refractivity contribution is -0.139. The summed E-state index contributed by atoms with van der Waals surface area (Å²) in [7, 11) is 1.38. The summed E-state index contributed by atoms with van der Waals surface area (Å²) in [4.78, 5) is 13.6. The van der Waals surface area contributed by atoms with Gasteiger partial charge in [0.25, 0.3) is 0 Å². The Balaban J connectivity index is 1.49. The average Bonchev–Trinajstić information content (AvgIpc) is 3.10. The Hall–Kier alpha value is -2.45. The summed E-state index contributed by atoms with van der Waals surface area (Å²) in [6, 6.07) is 7.79. The maximum absolute atomic E-state index is 11.3. The number of esters is 1. The number of carbonyl (C=O) groups is 1. The number of hydrogen-bond donors (Lipinski definition) is 1. The van der Waals surface area contributed by atoms with Gasteiger partial charge in [0.2, 0.25) is 5.89 Å². The van der Waals surface area contributed by atoms with E-state index in [-0.39, 0.29) is 12.4 Å². The third-order valence-corrected chi connectivity index (χ3v) is 3.99. The van der Waals surface area contributed by atoms with E-state index in [1.807, 2.05) is 24.3 Å². The van der Waals surface area contributed by atoms with Gasteiger partial charge in [-0.15, -0.1) is 5.10 Å². The molecule has 1 aromatic carbocycles. The molecule has 1 aliphatic rings. The Kier molecular flexibility index (Phi) is 5.97. The molecule has 2 aromatic rings. The predicted molar refractivity (Wildman–Crippen MR) is 90.7 cm³/mol. The van der Waals surface area contributed by atoms with Crippen LogP contribution in [-0.2, 0) is 27.1 Å². The van der Waals surface area contributed by atoms with Crippen LogP contribution in [-0.4, -0.2) is 61.0 Å². The summed E-state index contributed by atoms with van der Waals surface area (Å²) >= 11 is 0. The average molecular weight is 346 g/mol. The van der Waals surface area contributed by atoms with E-state index in [0.29, 0.717) is 18.3 Å². The van der Waals surface area contributed by atoms with Crippen LogP contribution in [0.2, 0.25) is 0 Å². The molecule has 134 valence electrons. The maximum Gasteiger partial charge on any atom is 0.320 e. The van der Waals surface area contributed by atoms with Gasteiger partial charge in [-0.25, -0.2) is 0 Å². The molecule has 0 spiro atoms. The molecule has 0 bridgehead atoms. The zero-order valence-electron chi connectivity index (χ0n) is 14.2. The van der Waals surface area contributed by atoms with Crippen molar-refractivity contribution in [3.8, 4) is 0 Å². The minimum Gasteiger partial charge on any atom is -0.469 e. The van der Waals surface area contributed by atoms with Crippen molar-refractivity contribution in [2.45, 2.75) is 12.8 Å². The highest BCUT2D eigenvalue weighted by atomic mass is 16.5. The summed E-state index contributed by atoms with van der Waals surface area (Å²) in [5.74, 6) is 0.346. The van der Waals surface area contributed by atoms with Gasteiger partial charge in [-0.3, -0.25) is 9.69 Å². The quantitative estimate of drug-likeness (QED) is 0.753. The molecule has 0 saturated carbocycles. The maximum atomic E-state index is 11.3. The number of nitrogens with one attached hydrogen (secondary N) is 1. The third kappa shape index (κ3) is 5.27. The fourth-order valence-electron chi connectivity index (χ4n) is 2.55. The lowest BCUT2D eigenvalue weighted by Crippen LogP contribution is -2.37. The van der Waals surface area contributed by atoms with Crippen molar-refractivity contribution < 1.29 is 18.7 Å². The molecule has 1 aliphatic heterocycles. The van der Waals surface area contributed by atoms with Crippen LogP contribution in [0.15, 0.2) is 28.7 Å². The monoisotopic (exact) mass is 346 g/mol. The van der Waals surface area contributed by atoms with Gasteiger partial charge in [-0.2, -0.15) is 0 Å². The van der Waals surface area contributed by atoms with Crippen molar-refractivity contribution in [1.82, 2.24) is 15.1 Å². The molecular weight excluding hydrogens is 324 g/mol. The van der Waals surface area contributed by atoms with Crippen molar-refractivity contribution in [1.29, 1.82) is 0 Å². The number of ether oxygens (including phenoxy) is 2. The summed E-state index contributed by atoms with van der Waals surface area (Å²) in [5, 5.41) is 11.1. The Bertz CT molecular complexity index is 680. The molecule has 8 heteroatoms. The van der Waals surface area contributed by atoms with Crippen LogP contribution < -0.4 is 5.32 Å². The molecule has 0 amide bonds. The summed E-state index contributed by atoms with van der Waals surface area (Å²) < 4.78 is 15.6. The van der Waals surface area contributed by atoms with Crippen molar-refractivity contribution in [3.05, 3.63) is 35.7 Å². The van der Waals surface area contributed by atoms with Gasteiger partial charge < -0.3 is 19.2 Å². The Morgan fingerprint density at radius 3 is 2.72 bits per heavy atom. The largest absolute Gasteiger partial charge is 0.469 e. The first-order chi connectivity index (χ1) is 12.2. The number of benzene rings is 1. The van der Waals surface area contributed by atoms with Crippen LogP contribution in [0, 0.1) is 0 Å². The molecule has 0 radical (unpaired) electrons. The third-order valence-electron chi connectivity index (χ3n) is 3.99. The first-order valence-corrected chi connectivity index (χ1v) is 8.28. The zero-order chi connectivity index (χ0) is 17.5. The van der Waals surface area contributed by atoms with E-state index in [2.05, 4.69) is 25.2 Å². The first kappa shape index (κ1) is 17.4. The van der Waals surface area contributed by atoms with E-state index in [1.54, 1.807) is 0 Å². The second-order valence-electron chi connectivity index (χ2n) is 5.78. The van der Waals surface area contributed by atoms with Crippen LogP contribution in [0.25, 0.3) is 0 Å². The van der Waals surface area contributed by atoms with Crippen LogP contribution >= 0.6 is 0 Å². The van der Waals surface area contributed by atoms with Crippen molar-refractivity contribution in [2.75, 3.05) is 45.3 Å². The van der Waals surface area contributed by atoms with Crippen LogP contribution in [0.4, 0.5) is 11.7 Å². The lowest BCUT2D eigenvalue weighted by atomic mass is 10.1. The minimum atomic E-state index is -0.262. The molecule has 0 atom stereocenters. The van der Waals surface area contributed by atoms with E-state index in [9.17, 15) is 4.79 Å². The number of hydrogen-bond acceptors (Lipinski definition) is 8. The van der Waals surface area contributed by atoms with E-state index in [0.717, 1.165) is 44.1 Å². The van der Waals surface area contributed by atoms with Crippen molar-refractivity contribution >= 4 is 17.7 Å². The molecule has 25 heavy (non-hydrogen) atoms. The van der Waals surface area contributed by atoms with Gasteiger partial charge in [0.1, 0.15) is 0 Å². The van der Waals surface area contributed by atoms with Gasteiger partial charge in [0.15, 0.2) is 0 Å². The Morgan fingerprint density at radius 2 is 2.00 bits per heavy atom. The number of nitrogens with zero attached hydrogens (tertiary/aromatic N) is 3. The van der Waals surface area contributed by atoms with E-state index in [1.165, 1.54) is 7.11 Å². The number of rotatable bonds is 7. The summed E-state index contributed by atoms with van der Waals surface area (Å²) in [6.45, 7) is 4.33. The fourth-order valence-corrected chi connectivity index (χ4v) is 2.55. The Morgan fingerprint density at radius 1 is 1.24 bits per heavy atom. The molecule has 2 heterocycles. The van der Waals surface area contributed by atoms with Gasteiger partial charge in [0, 0.05) is 31.7 Å². The number of carbonyl (C=O) groups excluding carboxylic acids is 1. The highest BCUT2D eigenvalue weighted by molar-refractivity contribution is 5.72. The zero-order valence-corrected chi connectivity index (χ0v) is 14.2. The number of anilines is 2. The normalized spacial score (nSPS) is 15.1. The summed E-state index contributed by atoms with van der Waals surface area (Å²) in [6.07, 6.45) is 0.968. The molecule has 1 fully saturated rings. The molecule has 1 aromatic heterocycles. The summed E-state index contributed by atoms with van der Waals surface area (Å²) in [5.41, 5.74) is 1.70. The number of aromatic nitrogens is 2. The molecular formula is C17H22N4O4. The molecule has 1 N–H and O–H groups in total. The van der Waals surface area contributed by atoms with E-state index >= 15 is 0 Å². The molecule has 0 unspecified atom stereocenters. The fraction of sp³-hybridized carbons (Fsp3) is 0.471. The minimum absolute atomic E-state index is 0.253. The molecule has 8 nitrogen and oxygen atoms in total. The van der Waals surface area contributed by atoms with E-state index < -0.39 is 0 Å². The van der Waals surface area contributed by atoms with Gasteiger partial charge in [-0.05, 0) is 17.7 Å². The van der Waals surface area contributed by atoms with Crippen molar-refractivity contribution in [3.63, 3.8) is 0 Å². The standard InChI is InChI=1S/C17H22N4O4/c1-23-16(22)12-13-2-4-14(5-3-13)18-17-20-19-15(25-17)6-7-21-8-10-24-11-9-21/h2-5H,6-12H2,1H3,(H,18,20). The van der Waals surface area contributed by atoms with E-state index in [4.69, 9.17) is 9.15 Å². The molecule has 3 rings (SSSR count). The van der Waals surface area contributed by atoms with Crippen LogP contribution in [0.3, 0.4) is 0 Å². The van der Waals surface area contributed by atoms with Gasteiger partial charge in [-0.1, -0.05) is 17.2 Å². The predicted octanol–water partition coefficient (Wildman–Crippen LogP) is 1.40. The SMILES string of the molecule is COC(=O)Cc1ccc(Nc2nnc(CCN3CCOCC3)o2)cc1. The number of methoxy groups -OCH3 is 1. The number of morpholine rings is 1. The van der Waals surface area contributed by atoms with Crippen LogP contribution in [0.5, 0.6) is 0 Å². The molecule has 0 aliphatic carbocycles.